The molecule has 0 aliphatic carbocycles. The number of pyridine rings is 1. The summed E-state index contributed by atoms with van der Waals surface area (Å²) in [5.74, 6) is -2.69. The number of amides is 2. The lowest BCUT2D eigenvalue weighted by molar-refractivity contribution is -0.141. The maximum atomic E-state index is 14.8. The molecule has 2 amide bonds. The van der Waals surface area contributed by atoms with Crippen molar-refractivity contribution < 1.29 is 35.6 Å². The van der Waals surface area contributed by atoms with E-state index in [0.29, 0.717) is 28.9 Å². The van der Waals surface area contributed by atoms with Gasteiger partial charge in [0.1, 0.15) is 17.3 Å². The van der Waals surface area contributed by atoms with Crippen LogP contribution in [0, 0.1) is 11.7 Å². The van der Waals surface area contributed by atoms with Crippen molar-refractivity contribution in [2.75, 3.05) is 28.6 Å². The van der Waals surface area contributed by atoms with E-state index >= 15 is 0 Å². The van der Waals surface area contributed by atoms with Gasteiger partial charge in [0.25, 0.3) is 0 Å². The predicted molar refractivity (Wildman–Crippen MR) is 135 cm³/mol. The molecule has 1 aliphatic rings. The van der Waals surface area contributed by atoms with E-state index in [9.17, 15) is 35.6 Å². The average molecular weight is 559 g/mol. The van der Waals surface area contributed by atoms with Gasteiger partial charge in [-0.05, 0) is 49.4 Å². The SMILES string of the molecule is CC(=O)N(c1ccc(C(C)C(=O)NCc2ccc(C(F)(F)F)nc2N2CCC(C)CC2)cc1F)S(C)(=O)=O. The monoisotopic (exact) mass is 558 g/mol. The number of hydrogen-bond donors (Lipinski definition) is 1. The van der Waals surface area contributed by atoms with Gasteiger partial charge in [-0.15, -0.1) is 0 Å². The Morgan fingerprint density at radius 3 is 2.34 bits per heavy atom. The molecule has 1 atom stereocenters. The first-order valence-corrected chi connectivity index (χ1v) is 13.8. The molecule has 1 aromatic carbocycles. The Kier molecular flexibility index (Phi) is 8.69. The minimum atomic E-state index is -4.61. The van der Waals surface area contributed by atoms with Crippen molar-refractivity contribution in [2.45, 2.75) is 52.3 Å². The molecule has 1 aliphatic heterocycles. The Morgan fingerprint density at radius 2 is 1.82 bits per heavy atom. The highest BCUT2D eigenvalue weighted by atomic mass is 32.2. The van der Waals surface area contributed by atoms with Crippen LogP contribution in [0.3, 0.4) is 0 Å². The second kappa shape index (κ2) is 11.3. The molecule has 2 heterocycles. The van der Waals surface area contributed by atoms with Crippen molar-refractivity contribution in [1.82, 2.24) is 10.3 Å². The molecule has 0 bridgehead atoms. The van der Waals surface area contributed by atoms with Crippen LogP contribution in [0.1, 0.15) is 56.4 Å². The molecule has 2 aromatic rings. The summed E-state index contributed by atoms with van der Waals surface area (Å²) >= 11 is 0. The summed E-state index contributed by atoms with van der Waals surface area (Å²) in [5.41, 5.74) is -0.845. The smallest absolute Gasteiger partial charge is 0.356 e. The highest BCUT2D eigenvalue weighted by Gasteiger charge is 2.34. The average Bonchev–Trinajstić information content (AvgIpc) is 2.82. The second-order valence-electron chi connectivity index (χ2n) is 9.54. The zero-order valence-corrected chi connectivity index (χ0v) is 22.3. The van der Waals surface area contributed by atoms with Gasteiger partial charge in [-0.1, -0.05) is 19.1 Å². The number of aromatic nitrogens is 1. The number of piperidine rings is 1. The Bertz CT molecular complexity index is 1310. The maximum absolute atomic E-state index is 14.8. The highest BCUT2D eigenvalue weighted by molar-refractivity contribution is 7.92. The number of benzene rings is 1. The molecule has 1 unspecified atom stereocenters. The number of nitrogens with one attached hydrogen (secondary N) is 1. The molecule has 1 N–H and O–H groups in total. The van der Waals surface area contributed by atoms with E-state index in [-0.39, 0.29) is 17.9 Å². The first-order valence-electron chi connectivity index (χ1n) is 12.0. The number of carbonyl (C=O) groups excluding carboxylic acids is 2. The van der Waals surface area contributed by atoms with Gasteiger partial charge in [0, 0.05) is 32.1 Å². The van der Waals surface area contributed by atoms with E-state index in [0.717, 1.165) is 44.2 Å². The van der Waals surface area contributed by atoms with E-state index in [1.54, 1.807) is 4.90 Å². The van der Waals surface area contributed by atoms with Crippen LogP contribution in [-0.4, -0.2) is 44.6 Å². The Morgan fingerprint density at radius 1 is 1.18 bits per heavy atom. The van der Waals surface area contributed by atoms with Gasteiger partial charge in [0.05, 0.1) is 17.9 Å². The van der Waals surface area contributed by atoms with Crippen LogP contribution in [0.15, 0.2) is 30.3 Å². The van der Waals surface area contributed by atoms with Crippen molar-refractivity contribution in [3.05, 3.63) is 53.0 Å². The normalized spacial score (nSPS) is 15.7. The van der Waals surface area contributed by atoms with Crippen LogP contribution in [0.25, 0.3) is 0 Å². The Balaban J connectivity index is 1.80. The van der Waals surface area contributed by atoms with Crippen molar-refractivity contribution in [3.8, 4) is 0 Å². The first-order chi connectivity index (χ1) is 17.6. The van der Waals surface area contributed by atoms with Gasteiger partial charge in [0.15, 0.2) is 0 Å². The van der Waals surface area contributed by atoms with Gasteiger partial charge in [-0.2, -0.15) is 13.2 Å². The van der Waals surface area contributed by atoms with Gasteiger partial charge in [0.2, 0.25) is 21.8 Å². The number of carbonyl (C=O) groups is 2. The van der Waals surface area contributed by atoms with E-state index < -0.39 is 51.1 Å². The zero-order valence-electron chi connectivity index (χ0n) is 21.5. The molecule has 1 fully saturated rings. The fourth-order valence-electron chi connectivity index (χ4n) is 4.29. The largest absolute Gasteiger partial charge is 0.433 e. The molecule has 38 heavy (non-hydrogen) atoms. The van der Waals surface area contributed by atoms with Gasteiger partial charge in [-0.3, -0.25) is 9.59 Å². The Labute approximate surface area is 219 Å². The maximum Gasteiger partial charge on any atom is 0.433 e. The number of sulfonamides is 1. The van der Waals surface area contributed by atoms with Crippen molar-refractivity contribution in [2.24, 2.45) is 5.92 Å². The topological polar surface area (TPSA) is 99.7 Å². The lowest BCUT2D eigenvalue weighted by Crippen LogP contribution is -2.36. The standard InChI is InChI=1S/C25H30F4N4O4S/c1-15-9-11-32(12-10-15)23-19(6-8-22(31-23)25(27,28)29)14-30-24(35)16(2)18-5-7-21(20(26)13-18)33(17(3)34)38(4,36)37/h5-8,13,15-16H,9-12,14H2,1-4H3,(H,30,35). The summed E-state index contributed by atoms with van der Waals surface area (Å²) in [4.78, 5) is 30.3. The van der Waals surface area contributed by atoms with E-state index in [1.165, 1.54) is 19.1 Å². The summed E-state index contributed by atoms with van der Waals surface area (Å²) < 4.78 is 78.9. The van der Waals surface area contributed by atoms with Gasteiger partial charge < -0.3 is 10.2 Å². The highest BCUT2D eigenvalue weighted by Crippen LogP contribution is 2.32. The number of anilines is 2. The summed E-state index contributed by atoms with van der Waals surface area (Å²) in [6, 6.07) is 5.58. The summed E-state index contributed by atoms with van der Waals surface area (Å²) in [6.07, 6.45) is -2.22. The third-order valence-corrected chi connectivity index (χ3v) is 7.60. The van der Waals surface area contributed by atoms with Crippen molar-refractivity contribution in [3.63, 3.8) is 0 Å². The van der Waals surface area contributed by atoms with Gasteiger partial charge >= 0.3 is 6.18 Å². The molecule has 1 aromatic heterocycles. The molecular weight excluding hydrogens is 528 g/mol. The van der Waals surface area contributed by atoms with E-state index in [1.807, 2.05) is 0 Å². The quantitative estimate of drug-likeness (QED) is 0.512. The second-order valence-corrected chi connectivity index (χ2v) is 11.4. The number of rotatable bonds is 7. The molecule has 8 nitrogen and oxygen atoms in total. The number of alkyl halides is 3. The molecule has 208 valence electrons. The van der Waals surface area contributed by atoms with Crippen molar-refractivity contribution in [1.29, 1.82) is 0 Å². The molecule has 13 heteroatoms. The molecule has 0 saturated carbocycles. The van der Waals surface area contributed by atoms with Gasteiger partial charge in [-0.25, -0.2) is 22.1 Å². The number of nitrogens with zero attached hydrogens (tertiary/aromatic N) is 3. The lowest BCUT2D eigenvalue weighted by Gasteiger charge is -2.33. The summed E-state index contributed by atoms with van der Waals surface area (Å²) in [5, 5.41) is 2.67. The molecule has 0 spiro atoms. The predicted octanol–water partition coefficient (Wildman–Crippen LogP) is 4.21. The summed E-state index contributed by atoms with van der Waals surface area (Å²) in [7, 11) is -4.07. The number of halogens is 4. The minimum absolute atomic E-state index is 0.0948. The molecule has 3 rings (SSSR count). The van der Waals surface area contributed by atoms with Crippen LogP contribution in [-0.2, 0) is 32.3 Å². The lowest BCUT2D eigenvalue weighted by atomic mass is 9.98. The number of hydrogen-bond acceptors (Lipinski definition) is 6. The van der Waals surface area contributed by atoms with Crippen LogP contribution >= 0.6 is 0 Å². The molecule has 1 saturated heterocycles. The summed E-state index contributed by atoms with van der Waals surface area (Å²) in [6.45, 7) is 5.56. The minimum Gasteiger partial charge on any atom is -0.356 e. The van der Waals surface area contributed by atoms with Crippen LogP contribution in [0.4, 0.5) is 29.1 Å². The zero-order chi connectivity index (χ0) is 28.4. The van der Waals surface area contributed by atoms with Crippen LogP contribution in [0.2, 0.25) is 0 Å². The van der Waals surface area contributed by atoms with Crippen LogP contribution < -0.4 is 14.5 Å². The fraction of sp³-hybridized carbons (Fsp3) is 0.480. The Hall–Kier alpha value is -3.22. The first kappa shape index (κ1) is 29.3. The van der Waals surface area contributed by atoms with E-state index in [4.69, 9.17) is 0 Å². The third kappa shape index (κ3) is 6.80. The van der Waals surface area contributed by atoms with Crippen LogP contribution in [0.5, 0.6) is 0 Å². The van der Waals surface area contributed by atoms with E-state index in [2.05, 4.69) is 17.2 Å². The van der Waals surface area contributed by atoms with Crippen molar-refractivity contribution >= 4 is 33.3 Å². The fourth-order valence-corrected chi connectivity index (χ4v) is 5.27. The molecular formula is C25H30F4N4O4S. The molecule has 0 radical (unpaired) electrons. The third-order valence-electron chi connectivity index (χ3n) is 6.48.